The van der Waals surface area contributed by atoms with E-state index < -0.39 is 40.5 Å². The SMILES string of the molecule is C[C@H](C(=O)O)C1CC[C@@]2(C)CCC3(OCCO3)[C@H](C)C(=O)C12O. The van der Waals surface area contributed by atoms with Gasteiger partial charge in [-0.3, -0.25) is 9.59 Å². The van der Waals surface area contributed by atoms with Crippen molar-refractivity contribution in [3.05, 3.63) is 0 Å². The zero-order valence-electron chi connectivity index (χ0n) is 14.0. The molecule has 0 aromatic rings. The molecule has 6 nitrogen and oxygen atoms in total. The van der Waals surface area contributed by atoms with E-state index in [1.807, 2.05) is 6.92 Å². The zero-order valence-corrected chi connectivity index (χ0v) is 14.0. The average molecular weight is 326 g/mol. The number of hydrogen-bond acceptors (Lipinski definition) is 5. The molecule has 0 aromatic carbocycles. The molecule has 0 aromatic heterocycles. The Balaban J connectivity index is 2.03. The number of carbonyl (C=O) groups is 2. The smallest absolute Gasteiger partial charge is 0.306 e. The number of carboxylic acid groups (broad SMARTS) is 1. The molecule has 23 heavy (non-hydrogen) atoms. The van der Waals surface area contributed by atoms with Gasteiger partial charge in [0.1, 0.15) is 5.60 Å². The minimum absolute atomic E-state index is 0.324. The van der Waals surface area contributed by atoms with E-state index in [0.717, 1.165) is 0 Å². The Hall–Kier alpha value is -0.980. The monoisotopic (exact) mass is 326 g/mol. The maximum Gasteiger partial charge on any atom is 0.306 e. The van der Waals surface area contributed by atoms with Gasteiger partial charge in [-0.25, -0.2) is 0 Å². The Kier molecular flexibility index (Phi) is 3.86. The molecule has 3 fully saturated rings. The first-order valence-corrected chi connectivity index (χ1v) is 8.45. The van der Waals surface area contributed by atoms with Crippen molar-refractivity contribution in [1.29, 1.82) is 0 Å². The minimum atomic E-state index is -1.64. The summed E-state index contributed by atoms with van der Waals surface area (Å²) >= 11 is 0. The molecule has 0 bridgehead atoms. The van der Waals surface area contributed by atoms with E-state index in [1.54, 1.807) is 13.8 Å². The summed E-state index contributed by atoms with van der Waals surface area (Å²) in [4.78, 5) is 24.7. The van der Waals surface area contributed by atoms with E-state index >= 15 is 0 Å². The highest BCUT2D eigenvalue weighted by Gasteiger charge is 2.68. The Bertz CT molecular complexity index is 525. The number of hydrogen-bond donors (Lipinski definition) is 2. The normalized spacial score (nSPS) is 44.1. The molecule has 2 aliphatic carbocycles. The van der Waals surface area contributed by atoms with Gasteiger partial charge in [0.15, 0.2) is 11.6 Å². The minimum Gasteiger partial charge on any atom is -0.481 e. The van der Waals surface area contributed by atoms with E-state index in [4.69, 9.17) is 9.47 Å². The van der Waals surface area contributed by atoms with Crippen LogP contribution < -0.4 is 0 Å². The fourth-order valence-corrected chi connectivity index (χ4v) is 4.96. The molecule has 6 heteroatoms. The van der Waals surface area contributed by atoms with E-state index in [0.29, 0.717) is 38.9 Å². The molecule has 130 valence electrons. The third-order valence-corrected chi connectivity index (χ3v) is 6.69. The molecule has 1 aliphatic heterocycles. The van der Waals surface area contributed by atoms with E-state index in [-0.39, 0.29) is 5.78 Å². The quantitative estimate of drug-likeness (QED) is 0.800. The maximum atomic E-state index is 13.2. The number of ketones is 1. The third kappa shape index (κ3) is 2.11. The Labute approximate surface area is 136 Å². The zero-order chi connectivity index (χ0) is 17.0. The van der Waals surface area contributed by atoms with Gasteiger partial charge < -0.3 is 19.7 Å². The summed E-state index contributed by atoms with van der Waals surface area (Å²) in [6, 6.07) is 0. The van der Waals surface area contributed by atoms with Crippen LogP contribution in [0.4, 0.5) is 0 Å². The van der Waals surface area contributed by atoms with Crippen LogP contribution in [0.2, 0.25) is 0 Å². The molecular formula is C17H26O6. The number of carboxylic acids is 1. The molecule has 5 atom stereocenters. The summed E-state index contributed by atoms with van der Waals surface area (Å²) in [7, 11) is 0. The van der Waals surface area contributed by atoms with Crippen LogP contribution in [0.25, 0.3) is 0 Å². The molecule has 0 radical (unpaired) electrons. The van der Waals surface area contributed by atoms with E-state index in [9.17, 15) is 19.8 Å². The molecule has 2 unspecified atom stereocenters. The first-order valence-electron chi connectivity index (χ1n) is 8.45. The molecule has 1 saturated heterocycles. The lowest BCUT2D eigenvalue weighted by Gasteiger charge is -2.42. The largest absolute Gasteiger partial charge is 0.481 e. The van der Waals surface area contributed by atoms with Crippen LogP contribution in [0, 0.1) is 23.2 Å². The summed E-state index contributed by atoms with van der Waals surface area (Å²) in [6.45, 7) is 6.11. The number of fused-ring (bicyclic) bond motifs is 1. The topological polar surface area (TPSA) is 93.1 Å². The molecule has 2 N–H and O–H groups in total. The second-order valence-corrected chi connectivity index (χ2v) is 7.69. The van der Waals surface area contributed by atoms with Crippen molar-refractivity contribution < 1.29 is 29.3 Å². The lowest BCUT2D eigenvalue weighted by atomic mass is 9.65. The van der Waals surface area contributed by atoms with Crippen LogP contribution in [-0.4, -0.2) is 46.6 Å². The van der Waals surface area contributed by atoms with Gasteiger partial charge in [0.25, 0.3) is 0 Å². The maximum absolute atomic E-state index is 13.2. The number of carbonyl (C=O) groups excluding carboxylic acids is 1. The Morgan fingerprint density at radius 2 is 1.87 bits per heavy atom. The highest BCUT2D eigenvalue weighted by Crippen LogP contribution is 2.59. The van der Waals surface area contributed by atoms with Gasteiger partial charge in [-0.2, -0.15) is 0 Å². The number of ether oxygens (including phenoxy) is 2. The first-order chi connectivity index (χ1) is 10.7. The van der Waals surface area contributed by atoms with Gasteiger partial charge in [0, 0.05) is 17.8 Å². The molecule has 1 heterocycles. The third-order valence-electron chi connectivity index (χ3n) is 6.69. The van der Waals surface area contributed by atoms with Gasteiger partial charge in [0.2, 0.25) is 0 Å². The molecule has 0 amide bonds. The molecular weight excluding hydrogens is 300 g/mol. The van der Waals surface area contributed by atoms with Crippen LogP contribution in [0.5, 0.6) is 0 Å². The van der Waals surface area contributed by atoms with Crippen LogP contribution in [0.15, 0.2) is 0 Å². The van der Waals surface area contributed by atoms with E-state index in [1.165, 1.54) is 0 Å². The molecule has 1 spiro atoms. The summed E-state index contributed by atoms with van der Waals surface area (Å²) in [5.41, 5.74) is -2.27. The fourth-order valence-electron chi connectivity index (χ4n) is 4.96. The molecule has 3 aliphatic rings. The highest BCUT2D eigenvalue weighted by atomic mass is 16.7. The van der Waals surface area contributed by atoms with Crippen molar-refractivity contribution >= 4 is 11.8 Å². The summed E-state index contributed by atoms with van der Waals surface area (Å²) in [5.74, 6) is -4.21. The van der Waals surface area contributed by atoms with Crippen LogP contribution in [0.3, 0.4) is 0 Å². The highest BCUT2D eigenvalue weighted by molar-refractivity contribution is 5.92. The molecule has 2 saturated carbocycles. The number of rotatable bonds is 2. The van der Waals surface area contributed by atoms with E-state index in [2.05, 4.69) is 0 Å². The van der Waals surface area contributed by atoms with Crippen molar-refractivity contribution in [1.82, 2.24) is 0 Å². The molecule has 3 rings (SSSR count). The van der Waals surface area contributed by atoms with Crippen molar-refractivity contribution in [3.8, 4) is 0 Å². The van der Waals surface area contributed by atoms with Gasteiger partial charge in [0.05, 0.1) is 25.0 Å². The van der Waals surface area contributed by atoms with Crippen molar-refractivity contribution in [2.45, 2.75) is 57.8 Å². The van der Waals surface area contributed by atoms with Crippen molar-refractivity contribution in [2.75, 3.05) is 13.2 Å². The standard InChI is InChI=1S/C17H26O6/c1-10(14(19)20)12-4-5-15(3)6-7-16(22-8-9-23-16)11(2)13(18)17(12,15)21/h10-12,21H,4-9H2,1-3H3,(H,19,20)/t10-,11+,12?,15-,17?/m0/s1. The fraction of sp³-hybridized carbons (Fsp3) is 0.882. The van der Waals surface area contributed by atoms with Gasteiger partial charge >= 0.3 is 5.97 Å². The van der Waals surface area contributed by atoms with Crippen LogP contribution >= 0.6 is 0 Å². The Morgan fingerprint density at radius 1 is 1.26 bits per heavy atom. The number of aliphatic hydroxyl groups is 1. The summed E-state index contributed by atoms with van der Waals surface area (Å²) in [6.07, 6.45) is 2.32. The van der Waals surface area contributed by atoms with Crippen molar-refractivity contribution in [3.63, 3.8) is 0 Å². The number of Topliss-reactive ketones (excluding diaryl/α,β-unsaturated/α-hetero) is 1. The Morgan fingerprint density at radius 3 is 2.43 bits per heavy atom. The van der Waals surface area contributed by atoms with Crippen molar-refractivity contribution in [2.24, 2.45) is 23.2 Å². The van der Waals surface area contributed by atoms with Gasteiger partial charge in [-0.1, -0.05) is 20.8 Å². The first kappa shape index (κ1) is 16.9. The summed E-state index contributed by atoms with van der Waals surface area (Å²) in [5, 5.41) is 20.9. The lowest BCUT2D eigenvalue weighted by molar-refractivity contribution is -0.200. The lowest BCUT2D eigenvalue weighted by Crippen LogP contribution is -2.57. The predicted octanol–water partition coefficient (Wildman–Crippen LogP) is 1.60. The van der Waals surface area contributed by atoms with Gasteiger partial charge in [-0.05, 0) is 19.3 Å². The second kappa shape index (κ2) is 5.26. The van der Waals surface area contributed by atoms with Crippen LogP contribution in [-0.2, 0) is 19.1 Å². The number of aliphatic carboxylic acids is 1. The average Bonchev–Trinajstić information content (AvgIpc) is 3.07. The second-order valence-electron chi connectivity index (χ2n) is 7.69. The van der Waals surface area contributed by atoms with Crippen LogP contribution in [0.1, 0.15) is 46.5 Å². The summed E-state index contributed by atoms with van der Waals surface area (Å²) < 4.78 is 11.5. The van der Waals surface area contributed by atoms with Gasteiger partial charge in [-0.15, -0.1) is 0 Å². The predicted molar refractivity (Wildman–Crippen MR) is 80.6 cm³/mol.